The van der Waals surface area contributed by atoms with Gasteiger partial charge in [-0.1, -0.05) is 29.3 Å². The molecule has 0 aliphatic carbocycles. The lowest BCUT2D eigenvalue weighted by atomic mass is 10.2. The fourth-order valence-corrected chi connectivity index (χ4v) is 2.98. The first kappa shape index (κ1) is 16.7. The summed E-state index contributed by atoms with van der Waals surface area (Å²) in [5.74, 6) is -0.547. The van der Waals surface area contributed by atoms with Crippen LogP contribution in [-0.4, -0.2) is 15.4 Å². The third-order valence-corrected chi connectivity index (χ3v) is 4.57. The van der Waals surface area contributed by atoms with Crippen LogP contribution in [-0.2, 0) is 16.1 Å². The Morgan fingerprint density at radius 1 is 1.29 bits per heavy atom. The molecule has 0 fully saturated rings. The second-order valence-electron chi connectivity index (χ2n) is 4.76. The number of benzene rings is 1. The number of fused-ring (bicyclic) bond motifs is 1. The Morgan fingerprint density at radius 2 is 2.12 bits per heavy atom. The van der Waals surface area contributed by atoms with Gasteiger partial charge in [0.15, 0.2) is 4.96 Å². The van der Waals surface area contributed by atoms with Gasteiger partial charge in [-0.05, 0) is 23.8 Å². The van der Waals surface area contributed by atoms with Gasteiger partial charge in [0.05, 0.1) is 15.7 Å². The molecule has 8 heteroatoms. The van der Waals surface area contributed by atoms with Crippen LogP contribution >= 0.6 is 34.5 Å². The van der Waals surface area contributed by atoms with Gasteiger partial charge in [-0.25, -0.2) is 9.78 Å². The van der Waals surface area contributed by atoms with Crippen LogP contribution in [0.3, 0.4) is 0 Å². The van der Waals surface area contributed by atoms with E-state index in [-0.39, 0.29) is 12.2 Å². The highest BCUT2D eigenvalue weighted by molar-refractivity contribution is 7.15. The minimum absolute atomic E-state index is 0.0752. The molecule has 0 spiro atoms. The maximum absolute atomic E-state index is 11.8. The number of thiazole rings is 1. The minimum Gasteiger partial charge on any atom is -0.456 e. The molecular weight excluding hydrogens is 371 g/mol. The van der Waals surface area contributed by atoms with Gasteiger partial charge in [-0.15, -0.1) is 11.3 Å². The molecule has 122 valence electrons. The molecule has 0 unspecified atom stereocenters. The van der Waals surface area contributed by atoms with E-state index >= 15 is 0 Å². The fraction of sp³-hybridized carbons (Fsp3) is 0.0625. The standard InChI is InChI=1S/C16H10Cl2N2O3S/c17-12-3-1-10(7-13(12)18)2-4-15(22)23-9-11-8-14(21)20-5-6-24-16(20)19-11/h1-8H,9H2. The number of rotatable bonds is 4. The maximum Gasteiger partial charge on any atom is 0.331 e. The molecule has 2 heterocycles. The average Bonchev–Trinajstić information content (AvgIpc) is 3.03. The number of esters is 1. The van der Waals surface area contributed by atoms with Gasteiger partial charge >= 0.3 is 5.97 Å². The molecule has 3 aromatic rings. The summed E-state index contributed by atoms with van der Waals surface area (Å²) in [4.78, 5) is 28.4. The Balaban J connectivity index is 1.65. The lowest BCUT2D eigenvalue weighted by Gasteiger charge is -2.02. The SMILES string of the molecule is O=C(C=Cc1ccc(Cl)c(Cl)c1)OCc1cc(=O)n2ccsc2n1. The quantitative estimate of drug-likeness (QED) is 0.509. The predicted molar refractivity (Wildman–Crippen MR) is 94.6 cm³/mol. The van der Waals surface area contributed by atoms with Crippen LogP contribution in [0.5, 0.6) is 0 Å². The smallest absolute Gasteiger partial charge is 0.331 e. The maximum atomic E-state index is 11.8. The lowest BCUT2D eigenvalue weighted by Crippen LogP contribution is -2.14. The number of ether oxygens (including phenoxy) is 1. The summed E-state index contributed by atoms with van der Waals surface area (Å²) in [6, 6.07) is 6.35. The zero-order valence-electron chi connectivity index (χ0n) is 12.1. The van der Waals surface area contributed by atoms with E-state index in [9.17, 15) is 9.59 Å². The summed E-state index contributed by atoms with van der Waals surface area (Å²) in [5.41, 5.74) is 0.912. The molecule has 3 rings (SSSR count). The molecule has 24 heavy (non-hydrogen) atoms. The Hall–Kier alpha value is -2.15. The zero-order valence-corrected chi connectivity index (χ0v) is 14.4. The number of carbonyl (C=O) groups excluding carboxylic acids is 1. The monoisotopic (exact) mass is 380 g/mol. The van der Waals surface area contributed by atoms with Crippen molar-refractivity contribution in [2.75, 3.05) is 0 Å². The van der Waals surface area contributed by atoms with E-state index in [4.69, 9.17) is 27.9 Å². The van der Waals surface area contributed by atoms with Crippen molar-refractivity contribution in [2.24, 2.45) is 0 Å². The van der Waals surface area contributed by atoms with Crippen LogP contribution < -0.4 is 5.56 Å². The summed E-state index contributed by atoms with van der Waals surface area (Å²) in [5, 5.41) is 2.61. The van der Waals surface area contributed by atoms with Crippen molar-refractivity contribution in [3.63, 3.8) is 0 Å². The molecule has 0 saturated carbocycles. The van der Waals surface area contributed by atoms with Gasteiger partial charge in [0.25, 0.3) is 5.56 Å². The van der Waals surface area contributed by atoms with Crippen molar-refractivity contribution in [3.8, 4) is 0 Å². The van der Waals surface area contributed by atoms with Gasteiger partial charge in [-0.2, -0.15) is 0 Å². The van der Waals surface area contributed by atoms with E-state index in [1.807, 2.05) is 0 Å². The normalized spacial score (nSPS) is 11.2. The number of hydrogen-bond donors (Lipinski definition) is 0. The number of hydrogen-bond acceptors (Lipinski definition) is 5. The Morgan fingerprint density at radius 3 is 2.92 bits per heavy atom. The van der Waals surface area contributed by atoms with Crippen LogP contribution in [0, 0.1) is 0 Å². The summed E-state index contributed by atoms with van der Waals surface area (Å²) in [6.07, 6.45) is 4.48. The highest BCUT2D eigenvalue weighted by Crippen LogP contribution is 2.23. The van der Waals surface area contributed by atoms with Gasteiger partial charge in [0.2, 0.25) is 0 Å². The number of carbonyl (C=O) groups is 1. The van der Waals surface area contributed by atoms with Gasteiger partial charge < -0.3 is 4.74 Å². The minimum atomic E-state index is -0.547. The molecule has 0 amide bonds. The number of nitrogens with zero attached hydrogens (tertiary/aromatic N) is 2. The molecular formula is C16H10Cl2N2O3S. The molecule has 5 nitrogen and oxygen atoms in total. The van der Waals surface area contributed by atoms with Crippen molar-refractivity contribution in [3.05, 3.63) is 73.6 Å². The van der Waals surface area contributed by atoms with Gasteiger partial charge in [0, 0.05) is 23.7 Å². The van der Waals surface area contributed by atoms with Crippen molar-refractivity contribution < 1.29 is 9.53 Å². The second-order valence-corrected chi connectivity index (χ2v) is 6.44. The zero-order chi connectivity index (χ0) is 17.1. The van der Waals surface area contributed by atoms with E-state index in [0.29, 0.717) is 20.7 Å². The Kier molecular flexibility index (Phi) is 4.99. The molecule has 0 aliphatic heterocycles. The third-order valence-electron chi connectivity index (χ3n) is 3.07. The molecule has 0 radical (unpaired) electrons. The third kappa shape index (κ3) is 3.84. The lowest BCUT2D eigenvalue weighted by molar-refractivity contribution is -0.139. The van der Waals surface area contributed by atoms with E-state index < -0.39 is 5.97 Å². The van der Waals surface area contributed by atoms with Gasteiger partial charge in [-0.3, -0.25) is 9.20 Å². The Bertz CT molecular complexity index is 994. The van der Waals surface area contributed by atoms with Crippen LogP contribution in [0.4, 0.5) is 0 Å². The second kappa shape index (κ2) is 7.17. The molecule has 1 aromatic carbocycles. The van der Waals surface area contributed by atoms with E-state index in [0.717, 1.165) is 5.56 Å². The largest absolute Gasteiger partial charge is 0.456 e. The van der Waals surface area contributed by atoms with Crippen molar-refractivity contribution in [2.45, 2.75) is 6.61 Å². The molecule has 0 atom stereocenters. The summed E-state index contributed by atoms with van der Waals surface area (Å²) in [7, 11) is 0. The van der Waals surface area contributed by atoms with Crippen molar-refractivity contribution >= 4 is 51.5 Å². The number of halogens is 2. The van der Waals surface area contributed by atoms with Crippen molar-refractivity contribution in [1.82, 2.24) is 9.38 Å². The van der Waals surface area contributed by atoms with Crippen LogP contribution in [0.2, 0.25) is 10.0 Å². The first-order chi connectivity index (χ1) is 11.5. The summed E-state index contributed by atoms with van der Waals surface area (Å²) >= 11 is 13.1. The number of aromatic nitrogens is 2. The molecule has 2 aromatic heterocycles. The molecule has 0 saturated heterocycles. The molecule has 0 N–H and O–H groups in total. The predicted octanol–water partition coefficient (Wildman–Crippen LogP) is 3.82. The van der Waals surface area contributed by atoms with Crippen LogP contribution in [0.1, 0.15) is 11.3 Å². The highest BCUT2D eigenvalue weighted by atomic mass is 35.5. The van der Waals surface area contributed by atoms with Crippen LogP contribution in [0.15, 0.2) is 46.7 Å². The topological polar surface area (TPSA) is 60.7 Å². The first-order valence-electron chi connectivity index (χ1n) is 6.78. The van der Waals surface area contributed by atoms with E-state index in [2.05, 4.69) is 4.98 Å². The summed E-state index contributed by atoms with van der Waals surface area (Å²) < 4.78 is 6.52. The average molecular weight is 381 g/mol. The highest BCUT2D eigenvalue weighted by Gasteiger charge is 2.05. The molecule has 0 aliphatic rings. The van der Waals surface area contributed by atoms with E-state index in [1.54, 1.807) is 35.9 Å². The molecule has 0 bridgehead atoms. The van der Waals surface area contributed by atoms with Crippen LogP contribution in [0.25, 0.3) is 11.0 Å². The fourth-order valence-electron chi connectivity index (χ4n) is 1.94. The van der Waals surface area contributed by atoms with E-state index in [1.165, 1.54) is 27.9 Å². The van der Waals surface area contributed by atoms with Crippen molar-refractivity contribution in [1.29, 1.82) is 0 Å². The van der Waals surface area contributed by atoms with Gasteiger partial charge in [0.1, 0.15) is 6.61 Å². The summed E-state index contributed by atoms with van der Waals surface area (Å²) in [6.45, 7) is -0.0752. The Labute approximate surface area is 150 Å². The first-order valence-corrected chi connectivity index (χ1v) is 8.42.